The van der Waals surface area contributed by atoms with E-state index in [0.29, 0.717) is 6.54 Å². The van der Waals surface area contributed by atoms with Crippen molar-refractivity contribution in [3.63, 3.8) is 0 Å². The van der Waals surface area contributed by atoms with Gasteiger partial charge >= 0.3 is 18.0 Å². The van der Waals surface area contributed by atoms with Gasteiger partial charge in [-0.25, -0.2) is 9.59 Å². The van der Waals surface area contributed by atoms with E-state index >= 15 is 0 Å². The molecule has 104 valence electrons. The summed E-state index contributed by atoms with van der Waals surface area (Å²) in [5, 5.41) is 19.5. The van der Waals surface area contributed by atoms with Crippen LogP contribution in [0.25, 0.3) is 0 Å². The van der Waals surface area contributed by atoms with Crippen LogP contribution in [0.5, 0.6) is 0 Å². The number of hydrogen-bond donors (Lipinski definition) is 3. The zero-order valence-corrected chi connectivity index (χ0v) is 10.7. The molecule has 18 heavy (non-hydrogen) atoms. The van der Waals surface area contributed by atoms with E-state index < -0.39 is 30.4 Å². The van der Waals surface area contributed by atoms with Crippen LogP contribution >= 0.6 is 0 Å². The van der Waals surface area contributed by atoms with Gasteiger partial charge in [-0.2, -0.15) is 0 Å². The molecule has 0 saturated heterocycles. The van der Waals surface area contributed by atoms with E-state index in [1.807, 2.05) is 6.92 Å². The quantitative estimate of drug-likeness (QED) is 0.558. The number of carbonyl (C=O) groups is 3. The summed E-state index contributed by atoms with van der Waals surface area (Å²) in [4.78, 5) is 34.2. The summed E-state index contributed by atoms with van der Waals surface area (Å²) in [5.74, 6) is -2.62. The van der Waals surface area contributed by atoms with Gasteiger partial charge in [0.15, 0.2) is 0 Å². The monoisotopic (exact) mass is 260 g/mol. The lowest BCUT2D eigenvalue weighted by Crippen LogP contribution is -2.47. The highest BCUT2D eigenvalue weighted by Gasteiger charge is 2.24. The highest BCUT2D eigenvalue weighted by molar-refractivity contribution is 5.86. The molecule has 1 atom stereocenters. The van der Waals surface area contributed by atoms with Crippen LogP contribution in [0.4, 0.5) is 4.79 Å². The highest BCUT2D eigenvalue weighted by atomic mass is 16.4. The summed E-state index contributed by atoms with van der Waals surface area (Å²) in [6, 6.07) is -1.97. The lowest BCUT2D eigenvalue weighted by Gasteiger charge is -2.20. The molecular weight excluding hydrogens is 240 g/mol. The highest BCUT2D eigenvalue weighted by Crippen LogP contribution is 1.99. The van der Waals surface area contributed by atoms with Crippen LogP contribution in [0.15, 0.2) is 0 Å². The number of carboxylic acid groups (broad SMARTS) is 2. The summed E-state index contributed by atoms with van der Waals surface area (Å²) in [6.07, 6.45) is 2.20. The summed E-state index contributed by atoms with van der Waals surface area (Å²) in [7, 11) is 1.55. The SMILES string of the molecule is CCCCCN(C)C(=O)N[C@@H](CC(=O)O)C(=O)O. The first-order valence-corrected chi connectivity index (χ1v) is 5.84. The minimum atomic E-state index is -1.40. The average Bonchev–Trinajstić information content (AvgIpc) is 2.27. The molecule has 0 radical (unpaired) electrons. The van der Waals surface area contributed by atoms with E-state index in [4.69, 9.17) is 10.2 Å². The third-order valence-electron chi connectivity index (χ3n) is 2.42. The second-order valence-corrected chi connectivity index (χ2v) is 4.07. The fraction of sp³-hybridized carbons (Fsp3) is 0.727. The van der Waals surface area contributed by atoms with Crippen molar-refractivity contribution in [2.75, 3.05) is 13.6 Å². The second-order valence-electron chi connectivity index (χ2n) is 4.07. The van der Waals surface area contributed by atoms with Crippen LogP contribution in [-0.2, 0) is 9.59 Å². The van der Waals surface area contributed by atoms with E-state index in [9.17, 15) is 14.4 Å². The normalized spacial score (nSPS) is 11.7. The predicted molar refractivity (Wildman–Crippen MR) is 64.4 cm³/mol. The number of amides is 2. The molecule has 2 amide bonds. The minimum absolute atomic E-state index is 0.513. The summed E-state index contributed by atoms with van der Waals surface area (Å²) >= 11 is 0. The van der Waals surface area contributed by atoms with E-state index in [1.165, 1.54) is 4.90 Å². The largest absolute Gasteiger partial charge is 0.481 e. The van der Waals surface area contributed by atoms with Crippen molar-refractivity contribution in [2.45, 2.75) is 38.6 Å². The van der Waals surface area contributed by atoms with Gasteiger partial charge in [-0.15, -0.1) is 0 Å². The van der Waals surface area contributed by atoms with Crippen molar-refractivity contribution in [1.82, 2.24) is 10.2 Å². The Hall–Kier alpha value is -1.79. The summed E-state index contributed by atoms with van der Waals surface area (Å²) in [5.41, 5.74) is 0. The Morgan fingerprint density at radius 1 is 1.22 bits per heavy atom. The molecule has 3 N–H and O–H groups in total. The van der Waals surface area contributed by atoms with Gasteiger partial charge in [0.05, 0.1) is 6.42 Å². The number of unbranched alkanes of at least 4 members (excludes halogenated alkanes) is 2. The molecule has 0 rings (SSSR count). The number of carboxylic acids is 2. The lowest BCUT2D eigenvalue weighted by molar-refractivity contribution is -0.145. The number of aliphatic carboxylic acids is 2. The molecule has 0 saturated carbocycles. The van der Waals surface area contributed by atoms with Crippen molar-refractivity contribution >= 4 is 18.0 Å². The molecule has 0 aromatic rings. The van der Waals surface area contributed by atoms with Crippen molar-refractivity contribution in [2.24, 2.45) is 0 Å². The topological polar surface area (TPSA) is 107 Å². The van der Waals surface area contributed by atoms with Gasteiger partial charge in [0.1, 0.15) is 6.04 Å². The molecule has 0 spiro atoms. The van der Waals surface area contributed by atoms with E-state index in [0.717, 1.165) is 19.3 Å². The van der Waals surface area contributed by atoms with Crippen molar-refractivity contribution in [1.29, 1.82) is 0 Å². The fourth-order valence-electron chi connectivity index (χ4n) is 1.33. The number of nitrogens with one attached hydrogen (secondary N) is 1. The van der Waals surface area contributed by atoms with Gasteiger partial charge < -0.3 is 20.4 Å². The van der Waals surface area contributed by atoms with Crippen molar-refractivity contribution in [3.8, 4) is 0 Å². The molecule has 0 aromatic carbocycles. The van der Waals surface area contributed by atoms with Crippen LogP contribution in [0.1, 0.15) is 32.6 Å². The maximum Gasteiger partial charge on any atom is 0.326 e. The Balaban J connectivity index is 4.23. The van der Waals surface area contributed by atoms with E-state index in [-0.39, 0.29) is 0 Å². The number of carbonyl (C=O) groups excluding carboxylic acids is 1. The second kappa shape index (κ2) is 8.32. The van der Waals surface area contributed by atoms with Crippen LogP contribution < -0.4 is 5.32 Å². The Kier molecular flexibility index (Phi) is 7.50. The molecular formula is C11H20N2O5. The number of rotatable bonds is 8. The molecule has 0 bridgehead atoms. The van der Waals surface area contributed by atoms with Gasteiger partial charge in [-0.1, -0.05) is 19.8 Å². The zero-order valence-electron chi connectivity index (χ0n) is 10.7. The van der Waals surface area contributed by atoms with Gasteiger partial charge in [0, 0.05) is 13.6 Å². The molecule has 7 heteroatoms. The van der Waals surface area contributed by atoms with E-state index in [2.05, 4.69) is 5.32 Å². The predicted octanol–water partition coefficient (Wildman–Crippen LogP) is 0.746. The molecule has 0 aliphatic rings. The van der Waals surface area contributed by atoms with Crippen LogP contribution in [-0.4, -0.2) is 52.7 Å². The smallest absolute Gasteiger partial charge is 0.326 e. The minimum Gasteiger partial charge on any atom is -0.481 e. The first-order valence-electron chi connectivity index (χ1n) is 5.84. The summed E-state index contributed by atoms with van der Waals surface area (Å²) < 4.78 is 0. The first kappa shape index (κ1) is 16.2. The van der Waals surface area contributed by atoms with Crippen LogP contribution in [0.3, 0.4) is 0 Å². The fourth-order valence-corrected chi connectivity index (χ4v) is 1.33. The first-order chi connectivity index (χ1) is 8.38. The molecule has 0 fully saturated rings. The van der Waals surface area contributed by atoms with E-state index in [1.54, 1.807) is 7.05 Å². The number of hydrogen-bond acceptors (Lipinski definition) is 3. The van der Waals surface area contributed by atoms with Gasteiger partial charge in [0.2, 0.25) is 0 Å². The Labute approximate surface area is 106 Å². The van der Waals surface area contributed by atoms with Gasteiger partial charge in [-0.05, 0) is 6.42 Å². The Morgan fingerprint density at radius 3 is 2.28 bits per heavy atom. The lowest BCUT2D eigenvalue weighted by atomic mass is 10.2. The molecule has 7 nitrogen and oxygen atoms in total. The van der Waals surface area contributed by atoms with Gasteiger partial charge in [0.25, 0.3) is 0 Å². The molecule has 0 aromatic heterocycles. The maximum absolute atomic E-state index is 11.6. The van der Waals surface area contributed by atoms with Crippen LogP contribution in [0.2, 0.25) is 0 Å². The Bertz CT molecular complexity index is 306. The Morgan fingerprint density at radius 2 is 1.83 bits per heavy atom. The summed E-state index contributed by atoms with van der Waals surface area (Å²) in [6.45, 7) is 2.55. The number of urea groups is 1. The third-order valence-corrected chi connectivity index (χ3v) is 2.42. The number of nitrogens with zero attached hydrogens (tertiary/aromatic N) is 1. The average molecular weight is 260 g/mol. The standard InChI is InChI=1S/C11H20N2O5/c1-3-4-5-6-13(2)11(18)12-8(10(16)17)7-9(14)15/h8H,3-7H2,1-2H3,(H,12,18)(H,14,15)(H,16,17)/t8-/m0/s1. The third kappa shape index (κ3) is 6.72. The molecule has 0 aliphatic heterocycles. The van der Waals surface area contributed by atoms with Crippen molar-refractivity contribution < 1.29 is 24.6 Å². The molecule has 0 unspecified atom stereocenters. The van der Waals surface area contributed by atoms with Gasteiger partial charge in [-0.3, -0.25) is 4.79 Å². The van der Waals surface area contributed by atoms with Crippen molar-refractivity contribution in [3.05, 3.63) is 0 Å². The van der Waals surface area contributed by atoms with Crippen LogP contribution in [0, 0.1) is 0 Å². The zero-order chi connectivity index (χ0) is 14.1. The maximum atomic E-state index is 11.6. The molecule has 0 aliphatic carbocycles. The molecule has 0 heterocycles.